The maximum atomic E-state index is 5.50. The quantitative estimate of drug-likeness (QED) is 0.618. The Hall–Kier alpha value is -3.08. The van der Waals surface area contributed by atoms with Crippen molar-refractivity contribution in [3.8, 4) is 17.0 Å². The van der Waals surface area contributed by atoms with Crippen molar-refractivity contribution in [2.24, 2.45) is 0 Å². The number of hydrogen-bond donors (Lipinski definition) is 1. The van der Waals surface area contributed by atoms with Gasteiger partial charge in [0.1, 0.15) is 5.75 Å². The van der Waals surface area contributed by atoms with Crippen LogP contribution in [0.3, 0.4) is 0 Å². The van der Waals surface area contributed by atoms with E-state index in [4.69, 9.17) is 9.72 Å². The van der Waals surface area contributed by atoms with Crippen molar-refractivity contribution in [2.75, 3.05) is 19.0 Å². The smallest absolute Gasteiger partial charge is 0.181 e. The molecule has 0 aliphatic heterocycles. The van der Waals surface area contributed by atoms with E-state index in [1.165, 1.54) is 0 Å². The molecular formula is C19H18N4O. The summed E-state index contributed by atoms with van der Waals surface area (Å²) in [6.07, 6.45) is 2.05. The van der Waals surface area contributed by atoms with Crippen LogP contribution in [0, 0.1) is 0 Å². The first-order valence-corrected chi connectivity index (χ1v) is 7.99. The molecule has 0 saturated carbocycles. The van der Waals surface area contributed by atoms with E-state index < -0.39 is 0 Å². The van der Waals surface area contributed by atoms with Crippen LogP contribution in [0.5, 0.6) is 5.75 Å². The van der Waals surface area contributed by atoms with Crippen molar-refractivity contribution >= 4 is 22.5 Å². The normalized spacial score (nSPS) is 11.1. The molecule has 0 amide bonds. The minimum atomic E-state index is 0.664. The molecule has 0 radical (unpaired) electrons. The highest BCUT2D eigenvalue weighted by molar-refractivity contribution is 5.84. The summed E-state index contributed by atoms with van der Waals surface area (Å²) >= 11 is 0. The molecule has 0 atom stereocenters. The Bertz CT molecular complexity index is 1010. The molecule has 0 aliphatic rings. The van der Waals surface area contributed by atoms with Crippen LogP contribution >= 0.6 is 0 Å². The standard InChI is InChI=1S/C19H18N4O/c1-3-24-14-10-8-13(9-11-14)16-12-23-17-7-5-4-6-15(17)21-18(20-2)19(23)22-16/h4-12H,3H2,1-2H3,(H,20,21). The number of anilines is 1. The van der Waals surface area contributed by atoms with Crippen LogP contribution in [0.1, 0.15) is 6.92 Å². The van der Waals surface area contributed by atoms with Crippen LogP contribution in [0.2, 0.25) is 0 Å². The predicted octanol–water partition coefficient (Wildman–Crippen LogP) is 3.99. The van der Waals surface area contributed by atoms with Gasteiger partial charge in [-0.05, 0) is 43.3 Å². The zero-order valence-electron chi connectivity index (χ0n) is 13.7. The summed E-state index contributed by atoms with van der Waals surface area (Å²) in [5, 5.41) is 3.14. The second kappa shape index (κ2) is 5.85. The lowest BCUT2D eigenvalue weighted by Gasteiger charge is -2.05. The van der Waals surface area contributed by atoms with E-state index in [-0.39, 0.29) is 0 Å². The summed E-state index contributed by atoms with van der Waals surface area (Å²) in [7, 11) is 1.86. The molecule has 0 spiro atoms. The van der Waals surface area contributed by atoms with Gasteiger partial charge < -0.3 is 10.1 Å². The Balaban J connectivity index is 1.89. The summed E-state index contributed by atoms with van der Waals surface area (Å²) in [5.74, 6) is 1.64. The number of rotatable bonds is 4. The second-order valence-electron chi connectivity index (χ2n) is 5.48. The first-order chi connectivity index (χ1) is 11.8. The van der Waals surface area contributed by atoms with Crippen LogP contribution in [0.15, 0.2) is 54.7 Å². The number of benzene rings is 2. The molecule has 0 saturated heterocycles. The third kappa shape index (κ3) is 2.34. The number of fused-ring (bicyclic) bond motifs is 3. The van der Waals surface area contributed by atoms with Crippen LogP contribution in [-0.4, -0.2) is 28.0 Å². The van der Waals surface area contributed by atoms with Crippen LogP contribution in [0.4, 0.5) is 5.82 Å². The summed E-state index contributed by atoms with van der Waals surface area (Å²) in [6, 6.07) is 16.1. The van der Waals surface area contributed by atoms with Crippen LogP contribution in [0.25, 0.3) is 27.9 Å². The maximum absolute atomic E-state index is 5.50. The monoisotopic (exact) mass is 318 g/mol. The molecule has 4 aromatic rings. The van der Waals surface area contributed by atoms with Crippen LogP contribution in [-0.2, 0) is 0 Å². The van der Waals surface area contributed by atoms with E-state index in [1.807, 2.05) is 56.4 Å². The number of para-hydroxylation sites is 2. The lowest BCUT2D eigenvalue weighted by molar-refractivity contribution is 0.340. The minimum absolute atomic E-state index is 0.664. The highest BCUT2D eigenvalue weighted by atomic mass is 16.5. The fourth-order valence-electron chi connectivity index (χ4n) is 2.86. The van der Waals surface area contributed by atoms with Gasteiger partial charge >= 0.3 is 0 Å². The largest absolute Gasteiger partial charge is 0.494 e. The first-order valence-electron chi connectivity index (χ1n) is 7.99. The third-order valence-corrected chi connectivity index (χ3v) is 3.99. The van der Waals surface area contributed by atoms with Gasteiger partial charge in [0.15, 0.2) is 11.5 Å². The molecule has 0 bridgehead atoms. The van der Waals surface area contributed by atoms with Gasteiger partial charge in [-0.15, -0.1) is 0 Å². The lowest BCUT2D eigenvalue weighted by atomic mass is 10.2. The van der Waals surface area contributed by atoms with Gasteiger partial charge in [0, 0.05) is 18.8 Å². The van der Waals surface area contributed by atoms with Crippen molar-refractivity contribution in [1.82, 2.24) is 14.4 Å². The Morgan fingerprint density at radius 2 is 1.83 bits per heavy atom. The molecule has 1 N–H and O–H groups in total. The third-order valence-electron chi connectivity index (χ3n) is 3.99. The van der Waals surface area contributed by atoms with Gasteiger partial charge in [-0.25, -0.2) is 9.97 Å². The van der Waals surface area contributed by atoms with E-state index in [0.29, 0.717) is 6.61 Å². The molecule has 2 aromatic carbocycles. The Morgan fingerprint density at radius 3 is 2.58 bits per heavy atom. The average Bonchev–Trinajstić information content (AvgIpc) is 3.07. The fraction of sp³-hybridized carbons (Fsp3) is 0.158. The number of nitrogens with one attached hydrogen (secondary N) is 1. The van der Waals surface area contributed by atoms with Gasteiger partial charge in [-0.2, -0.15) is 0 Å². The number of hydrogen-bond acceptors (Lipinski definition) is 4. The van der Waals surface area contributed by atoms with Gasteiger partial charge in [0.05, 0.1) is 23.3 Å². The van der Waals surface area contributed by atoms with Gasteiger partial charge in [-0.3, -0.25) is 4.40 Å². The van der Waals surface area contributed by atoms with E-state index in [1.54, 1.807) is 0 Å². The highest BCUT2D eigenvalue weighted by Gasteiger charge is 2.12. The molecule has 4 rings (SSSR count). The Morgan fingerprint density at radius 1 is 1.04 bits per heavy atom. The minimum Gasteiger partial charge on any atom is -0.494 e. The molecule has 0 fully saturated rings. The van der Waals surface area contributed by atoms with Crippen molar-refractivity contribution in [1.29, 1.82) is 0 Å². The molecule has 120 valence electrons. The average molecular weight is 318 g/mol. The second-order valence-corrected chi connectivity index (χ2v) is 5.48. The maximum Gasteiger partial charge on any atom is 0.181 e. The Labute approximate surface area is 139 Å². The SMILES string of the molecule is CCOc1ccc(-c2cn3c(n2)c(NC)nc2ccccc23)cc1. The number of aromatic nitrogens is 3. The molecule has 0 unspecified atom stereocenters. The zero-order chi connectivity index (χ0) is 16.5. The topological polar surface area (TPSA) is 51.5 Å². The fourth-order valence-corrected chi connectivity index (χ4v) is 2.86. The van der Waals surface area contributed by atoms with E-state index in [9.17, 15) is 0 Å². The molecule has 2 aromatic heterocycles. The summed E-state index contributed by atoms with van der Waals surface area (Å²) in [4.78, 5) is 9.43. The summed E-state index contributed by atoms with van der Waals surface area (Å²) in [5.41, 5.74) is 4.75. The van der Waals surface area contributed by atoms with Gasteiger partial charge in [0.2, 0.25) is 0 Å². The van der Waals surface area contributed by atoms with Crippen molar-refractivity contribution < 1.29 is 4.74 Å². The summed E-state index contributed by atoms with van der Waals surface area (Å²) < 4.78 is 7.59. The van der Waals surface area contributed by atoms with Crippen molar-refractivity contribution in [2.45, 2.75) is 6.92 Å². The molecular weight excluding hydrogens is 300 g/mol. The molecule has 5 heteroatoms. The molecule has 24 heavy (non-hydrogen) atoms. The molecule has 0 aliphatic carbocycles. The van der Waals surface area contributed by atoms with Gasteiger partial charge in [-0.1, -0.05) is 12.1 Å². The summed E-state index contributed by atoms with van der Waals surface area (Å²) in [6.45, 7) is 2.64. The van der Waals surface area contributed by atoms with Crippen LogP contribution < -0.4 is 10.1 Å². The highest BCUT2D eigenvalue weighted by Crippen LogP contribution is 2.27. The van der Waals surface area contributed by atoms with E-state index >= 15 is 0 Å². The molecule has 2 heterocycles. The number of ether oxygens (including phenoxy) is 1. The number of nitrogens with zero attached hydrogens (tertiary/aromatic N) is 3. The first kappa shape index (κ1) is 14.5. The zero-order valence-corrected chi connectivity index (χ0v) is 13.7. The van der Waals surface area contributed by atoms with E-state index in [2.05, 4.69) is 27.0 Å². The number of imidazole rings is 1. The predicted molar refractivity (Wildman–Crippen MR) is 96.6 cm³/mol. The van der Waals surface area contributed by atoms with E-state index in [0.717, 1.165) is 39.5 Å². The lowest BCUT2D eigenvalue weighted by Crippen LogP contribution is -1.98. The Kier molecular flexibility index (Phi) is 3.54. The van der Waals surface area contributed by atoms with Crippen molar-refractivity contribution in [3.63, 3.8) is 0 Å². The van der Waals surface area contributed by atoms with Crippen molar-refractivity contribution in [3.05, 3.63) is 54.7 Å². The van der Waals surface area contributed by atoms with Gasteiger partial charge in [0.25, 0.3) is 0 Å². The molecule has 5 nitrogen and oxygen atoms in total.